The first-order valence-corrected chi connectivity index (χ1v) is 4.06. The van der Waals surface area contributed by atoms with Gasteiger partial charge in [0.25, 0.3) is 0 Å². The van der Waals surface area contributed by atoms with Crippen molar-refractivity contribution >= 4 is 5.95 Å². The molecule has 0 spiro atoms. The molecule has 0 aliphatic carbocycles. The van der Waals surface area contributed by atoms with Crippen molar-refractivity contribution in [3.8, 4) is 11.4 Å². The van der Waals surface area contributed by atoms with Crippen LogP contribution in [0, 0.1) is 0 Å². The van der Waals surface area contributed by atoms with Gasteiger partial charge in [0.05, 0.1) is 11.8 Å². The van der Waals surface area contributed by atoms with Gasteiger partial charge in [-0.2, -0.15) is 4.98 Å². The smallest absolute Gasteiger partial charge is 0.239 e. The van der Waals surface area contributed by atoms with Gasteiger partial charge in [-0.05, 0) is 6.07 Å². The lowest BCUT2D eigenvalue weighted by Gasteiger charge is -1.93. The van der Waals surface area contributed by atoms with Crippen molar-refractivity contribution in [3.63, 3.8) is 0 Å². The number of aryl methyl sites for hydroxylation is 1. The largest absolute Gasteiger partial charge is 0.469 e. The second-order valence-electron chi connectivity index (χ2n) is 2.65. The molecule has 13 heavy (non-hydrogen) atoms. The second-order valence-corrected chi connectivity index (χ2v) is 2.65. The monoisotopic (exact) mass is 178 g/mol. The summed E-state index contributed by atoms with van der Waals surface area (Å²) in [4.78, 5) is 4.01. The second kappa shape index (κ2) is 2.93. The number of hydrogen-bond acceptors (Lipinski definition) is 4. The summed E-state index contributed by atoms with van der Waals surface area (Å²) in [6.07, 6.45) is 2.45. The molecule has 5 nitrogen and oxygen atoms in total. The summed E-state index contributed by atoms with van der Waals surface area (Å²) in [5.74, 6) is 1.79. The summed E-state index contributed by atoms with van der Waals surface area (Å²) in [5, 5.41) is 6.48. The predicted octanol–water partition coefficient (Wildman–Crippen LogP) is 1.21. The van der Waals surface area contributed by atoms with Gasteiger partial charge in [-0.25, -0.2) is 0 Å². The minimum atomic E-state index is 0.248. The number of nitrogen functional groups attached to an aromatic ring is 1. The molecule has 5 heteroatoms. The van der Waals surface area contributed by atoms with Crippen LogP contribution in [0.3, 0.4) is 0 Å². The van der Waals surface area contributed by atoms with Crippen LogP contribution in [0.2, 0.25) is 0 Å². The summed E-state index contributed by atoms with van der Waals surface area (Å²) >= 11 is 0. The molecular formula is C8H10N4O. The fraction of sp³-hybridized carbons (Fsp3) is 0.250. The number of furan rings is 1. The Morgan fingerprint density at radius 3 is 3.08 bits per heavy atom. The molecule has 2 aromatic heterocycles. The Balaban J connectivity index is 2.45. The van der Waals surface area contributed by atoms with Crippen LogP contribution < -0.4 is 5.73 Å². The van der Waals surface area contributed by atoms with Crippen LogP contribution in [-0.2, 0) is 6.42 Å². The van der Waals surface area contributed by atoms with E-state index in [4.69, 9.17) is 10.2 Å². The number of nitrogens with one attached hydrogen (secondary N) is 1. The van der Waals surface area contributed by atoms with Crippen molar-refractivity contribution in [2.24, 2.45) is 0 Å². The van der Waals surface area contributed by atoms with E-state index in [1.165, 1.54) is 0 Å². The van der Waals surface area contributed by atoms with Crippen LogP contribution in [0.5, 0.6) is 0 Å². The van der Waals surface area contributed by atoms with E-state index in [-0.39, 0.29) is 5.95 Å². The molecule has 0 aliphatic heterocycles. The Labute approximate surface area is 75.0 Å². The number of H-pyrrole nitrogens is 1. The molecule has 0 radical (unpaired) electrons. The molecule has 0 aliphatic rings. The van der Waals surface area contributed by atoms with Crippen LogP contribution in [-0.4, -0.2) is 15.2 Å². The van der Waals surface area contributed by atoms with E-state index in [2.05, 4.69) is 15.2 Å². The van der Waals surface area contributed by atoms with E-state index in [1.807, 2.05) is 13.0 Å². The first kappa shape index (κ1) is 7.85. The number of rotatable bonds is 2. The highest BCUT2D eigenvalue weighted by atomic mass is 16.3. The fourth-order valence-corrected chi connectivity index (χ4v) is 1.22. The summed E-state index contributed by atoms with van der Waals surface area (Å²) in [7, 11) is 0. The van der Waals surface area contributed by atoms with Crippen molar-refractivity contribution in [2.75, 3.05) is 5.73 Å². The SMILES string of the molecule is CCc1occc1-c1nc(N)n[nH]1. The van der Waals surface area contributed by atoms with Crippen molar-refractivity contribution in [2.45, 2.75) is 13.3 Å². The molecule has 68 valence electrons. The summed E-state index contributed by atoms with van der Waals surface area (Å²) < 4.78 is 5.25. The zero-order valence-corrected chi connectivity index (χ0v) is 7.24. The standard InChI is InChI=1S/C8H10N4O/c1-2-6-5(3-4-13-6)7-10-8(9)12-11-7/h3-4H,2H2,1H3,(H3,9,10,11,12). The summed E-state index contributed by atoms with van der Waals surface area (Å²) in [6, 6.07) is 1.85. The fourth-order valence-electron chi connectivity index (χ4n) is 1.22. The van der Waals surface area contributed by atoms with Crippen LogP contribution in [0.4, 0.5) is 5.95 Å². The average molecular weight is 178 g/mol. The molecule has 0 atom stereocenters. The van der Waals surface area contributed by atoms with Gasteiger partial charge in [0.2, 0.25) is 5.95 Å². The average Bonchev–Trinajstić information content (AvgIpc) is 2.71. The van der Waals surface area contributed by atoms with Crippen LogP contribution in [0.15, 0.2) is 16.7 Å². The number of anilines is 1. The van der Waals surface area contributed by atoms with E-state index >= 15 is 0 Å². The maximum absolute atomic E-state index is 5.39. The molecule has 0 unspecified atom stereocenters. The molecule has 0 aromatic carbocycles. The molecule has 0 bridgehead atoms. The molecule has 2 rings (SSSR count). The Bertz CT molecular complexity index is 404. The van der Waals surface area contributed by atoms with Gasteiger partial charge < -0.3 is 10.2 Å². The molecule has 0 saturated heterocycles. The summed E-state index contributed by atoms with van der Waals surface area (Å²) in [6.45, 7) is 2.02. The van der Waals surface area contributed by atoms with E-state index in [0.29, 0.717) is 5.82 Å². The first-order valence-electron chi connectivity index (χ1n) is 4.06. The lowest BCUT2D eigenvalue weighted by Crippen LogP contribution is -1.86. The Morgan fingerprint density at radius 1 is 1.62 bits per heavy atom. The maximum atomic E-state index is 5.39. The van der Waals surface area contributed by atoms with Gasteiger partial charge >= 0.3 is 0 Å². The van der Waals surface area contributed by atoms with Crippen molar-refractivity contribution < 1.29 is 4.42 Å². The molecular weight excluding hydrogens is 168 g/mol. The lowest BCUT2D eigenvalue weighted by molar-refractivity contribution is 0.517. The number of nitrogens with two attached hydrogens (primary N) is 1. The van der Waals surface area contributed by atoms with Gasteiger partial charge in [0, 0.05) is 6.42 Å². The molecule has 3 N–H and O–H groups in total. The topological polar surface area (TPSA) is 80.7 Å². The molecule has 0 saturated carbocycles. The number of aromatic amines is 1. The number of nitrogens with zero attached hydrogens (tertiary/aromatic N) is 2. The van der Waals surface area contributed by atoms with Crippen LogP contribution in [0.25, 0.3) is 11.4 Å². The third-order valence-corrected chi connectivity index (χ3v) is 1.82. The third kappa shape index (κ3) is 1.28. The highest BCUT2D eigenvalue weighted by molar-refractivity contribution is 5.57. The minimum absolute atomic E-state index is 0.248. The molecule has 2 heterocycles. The van der Waals surface area contributed by atoms with Crippen molar-refractivity contribution in [1.29, 1.82) is 0 Å². The molecule has 0 amide bonds. The highest BCUT2D eigenvalue weighted by Gasteiger charge is 2.10. The zero-order valence-electron chi connectivity index (χ0n) is 7.24. The van der Waals surface area contributed by atoms with Gasteiger partial charge in [0.1, 0.15) is 5.76 Å². The Kier molecular flexibility index (Phi) is 1.77. The normalized spacial score (nSPS) is 10.5. The quantitative estimate of drug-likeness (QED) is 0.724. The summed E-state index contributed by atoms with van der Waals surface area (Å²) in [5.41, 5.74) is 6.32. The lowest BCUT2D eigenvalue weighted by atomic mass is 10.2. The minimum Gasteiger partial charge on any atom is -0.469 e. The van der Waals surface area contributed by atoms with Crippen LogP contribution >= 0.6 is 0 Å². The van der Waals surface area contributed by atoms with Gasteiger partial charge in [0.15, 0.2) is 5.82 Å². The van der Waals surface area contributed by atoms with E-state index in [0.717, 1.165) is 17.7 Å². The third-order valence-electron chi connectivity index (χ3n) is 1.82. The van der Waals surface area contributed by atoms with Crippen LogP contribution in [0.1, 0.15) is 12.7 Å². The highest BCUT2D eigenvalue weighted by Crippen LogP contribution is 2.21. The number of aromatic nitrogens is 3. The molecule has 2 aromatic rings. The van der Waals surface area contributed by atoms with E-state index in [9.17, 15) is 0 Å². The zero-order chi connectivity index (χ0) is 9.26. The van der Waals surface area contributed by atoms with E-state index < -0.39 is 0 Å². The van der Waals surface area contributed by atoms with Gasteiger partial charge in [-0.3, -0.25) is 5.10 Å². The Morgan fingerprint density at radius 2 is 2.46 bits per heavy atom. The van der Waals surface area contributed by atoms with Crippen molar-refractivity contribution in [3.05, 3.63) is 18.1 Å². The van der Waals surface area contributed by atoms with Gasteiger partial charge in [-0.1, -0.05) is 6.92 Å². The van der Waals surface area contributed by atoms with Gasteiger partial charge in [-0.15, -0.1) is 5.10 Å². The van der Waals surface area contributed by atoms with E-state index in [1.54, 1.807) is 6.26 Å². The maximum Gasteiger partial charge on any atom is 0.239 e. The Hall–Kier alpha value is -1.78. The number of hydrogen-bond donors (Lipinski definition) is 2. The first-order chi connectivity index (χ1) is 6.31. The predicted molar refractivity (Wildman–Crippen MR) is 47.9 cm³/mol. The molecule has 0 fully saturated rings. The van der Waals surface area contributed by atoms with Crippen molar-refractivity contribution in [1.82, 2.24) is 15.2 Å².